The number of rotatable bonds is 2. The first-order chi connectivity index (χ1) is 9.13. The number of nitrogens with one attached hydrogen (secondary N) is 1. The molecular formula is C12H13BrN4O2. The van der Waals surface area contributed by atoms with Crippen molar-refractivity contribution in [3.63, 3.8) is 0 Å². The van der Waals surface area contributed by atoms with Crippen molar-refractivity contribution in [2.75, 3.05) is 24.3 Å². The van der Waals surface area contributed by atoms with Gasteiger partial charge in [-0.05, 0) is 18.2 Å². The van der Waals surface area contributed by atoms with E-state index < -0.39 is 6.10 Å². The van der Waals surface area contributed by atoms with Gasteiger partial charge in [-0.15, -0.1) is 0 Å². The lowest BCUT2D eigenvalue weighted by atomic mass is 10.2. The lowest BCUT2D eigenvalue weighted by Gasteiger charge is -2.16. The van der Waals surface area contributed by atoms with E-state index in [9.17, 15) is 5.11 Å². The van der Waals surface area contributed by atoms with Crippen LogP contribution in [-0.4, -0.2) is 40.4 Å². The zero-order chi connectivity index (χ0) is 13.4. The number of fused-ring (bicyclic) bond motifs is 1. The first-order valence-electron chi connectivity index (χ1n) is 5.88. The van der Waals surface area contributed by atoms with Gasteiger partial charge in [-0.3, -0.25) is 0 Å². The van der Waals surface area contributed by atoms with Gasteiger partial charge in [-0.1, -0.05) is 15.9 Å². The maximum Gasteiger partial charge on any atom is 0.222 e. The molecule has 0 amide bonds. The Morgan fingerprint density at radius 2 is 2.21 bits per heavy atom. The van der Waals surface area contributed by atoms with Gasteiger partial charge in [-0.2, -0.15) is 4.98 Å². The van der Waals surface area contributed by atoms with E-state index in [0.717, 1.165) is 15.4 Å². The average Bonchev–Trinajstić information content (AvgIpc) is 2.74. The summed E-state index contributed by atoms with van der Waals surface area (Å²) >= 11 is 3.40. The predicted molar refractivity (Wildman–Crippen MR) is 75.9 cm³/mol. The molecule has 1 aliphatic heterocycles. The number of hydrogen-bond acceptors (Lipinski definition) is 6. The van der Waals surface area contributed by atoms with Gasteiger partial charge in [0.1, 0.15) is 5.82 Å². The van der Waals surface area contributed by atoms with Gasteiger partial charge < -0.3 is 20.9 Å². The second kappa shape index (κ2) is 4.92. The second-order valence-corrected chi connectivity index (χ2v) is 5.36. The highest BCUT2D eigenvalue weighted by Crippen LogP contribution is 2.25. The molecule has 3 rings (SSSR count). The van der Waals surface area contributed by atoms with Crippen molar-refractivity contribution >= 4 is 38.6 Å². The average molecular weight is 325 g/mol. The molecule has 19 heavy (non-hydrogen) atoms. The van der Waals surface area contributed by atoms with Crippen LogP contribution in [0, 0.1) is 0 Å². The van der Waals surface area contributed by atoms with Crippen LogP contribution in [0.15, 0.2) is 22.7 Å². The number of aliphatic hydroxyl groups is 1. The number of benzene rings is 1. The van der Waals surface area contributed by atoms with Gasteiger partial charge >= 0.3 is 0 Å². The van der Waals surface area contributed by atoms with Crippen molar-refractivity contribution in [3.05, 3.63) is 22.7 Å². The first kappa shape index (κ1) is 12.6. The fourth-order valence-corrected chi connectivity index (χ4v) is 2.44. The molecule has 2 aromatic rings. The molecule has 2 atom stereocenters. The molecule has 1 aromatic carbocycles. The van der Waals surface area contributed by atoms with Crippen LogP contribution in [0.3, 0.4) is 0 Å². The number of anilines is 2. The molecule has 1 aliphatic rings. The molecule has 2 heterocycles. The minimum absolute atomic E-state index is 0.179. The largest absolute Gasteiger partial charge is 0.388 e. The van der Waals surface area contributed by atoms with Crippen LogP contribution in [-0.2, 0) is 4.74 Å². The molecule has 6 nitrogen and oxygen atoms in total. The smallest absolute Gasteiger partial charge is 0.222 e. The fraction of sp³-hybridized carbons (Fsp3) is 0.333. The SMILES string of the molecule is Nc1nc(N[C@@H]2COC[C@H]2O)c2ccc(Br)cc2n1. The topological polar surface area (TPSA) is 93.3 Å². The molecular weight excluding hydrogens is 312 g/mol. The molecule has 0 spiro atoms. The minimum Gasteiger partial charge on any atom is -0.388 e. The first-order valence-corrected chi connectivity index (χ1v) is 6.68. The normalized spacial score (nSPS) is 22.8. The molecule has 1 saturated heterocycles. The van der Waals surface area contributed by atoms with Crippen molar-refractivity contribution in [3.8, 4) is 0 Å². The highest BCUT2D eigenvalue weighted by molar-refractivity contribution is 9.10. The second-order valence-electron chi connectivity index (χ2n) is 4.45. The van der Waals surface area contributed by atoms with Gasteiger partial charge in [0.05, 0.1) is 30.9 Å². The summed E-state index contributed by atoms with van der Waals surface area (Å²) in [6, 6.07) is 5.51. The highest BCUT2D eigenvalue weighted by atomic mass is 79.9. The Morgan fingerprint density at radius 3 is 2.95 bits per heavy atom. The van der Waals surface area contributed by atoms with Gasteiger partial charge in [0, 0.05) is 9.86 Å². The standard InChI is InChI=1S/C12H13BrN4O2/c13-6-1-2-7-8(3-6)16-12(14)17-11(7)15-9-4-19-5-10(9)18/h1-3,9-10,18H,4-5H2,(H3,14,15,16,17)/t9-,10-/m1/s1. The van der Waals surface area contributed by atoms with E-state index in [4.69, 9.17) is 10.5 Å². The Kier molecular flexibility index (Phi) is 3.26. The predicted octanol–water partition coefficient (Wildman–Crippen LogP) is 1.15. The van der Waals surface area contributed by atoms with Gasteiger partial charge in [0.15, 0.2) is 0 Å². The third-order valence-electron chi connectivity index (χ3n) is 3.05. The third kappa shape index (κ3) is 2.49. The van der Waals surface area contributed by atoms with E-state index in [1.165, 1.54) is 0 Å². The maximum atomic E-state index is 9.77. The summed E-state index contributed by atoms with van der Waals surface area (Å²) in [7, 11) is 0. The Morgan fingerprint density at radius 1 is 1.37 bits per heavy atom. The Bertz CT molecular complexity index is 617. The van der Waals surface area contributed by atoms with Gasteiger partial charge in [0.2, 0.25) is 5.95 Å². The molecule has 4 N–H and O–H groups in total. The Balaban J connectivity index is 2.02. The van der Waals surface area contributed by atoms with Crippen molar-refractivity contribution in [1.82, 2.24) is 9.97 Å². The molecule has 0 bridgehead atoms. The van der Waals surface area contributed by atoms with E-state index in [1.54, 1.807) is 0 Å². The number of hydrogen-bond donors (Lipinski definition) is 3. The van der Waals surface area contributed by atoms with Crippen LogP contribution in [0.2, 0.25) is 0 Å². The summed E-state index contributed by atoms with van der Waals surface area (Å²) in [6.07, 6.45) is -0.540. The van der Waals surface area contributed by atoms with Crippen LogP contribution in [0.25, 0.3) is 10.9 Å². The molecule has 7 heteroatoms. The molecule has 1 aromatic heterocycles. The van der Waals surface area contributed by atoms with Crippen molar-refractivity contribution in [1.29, 1.82) is 0 Å². The van der Waals surface area contributed by atoms with E-state index in [2.05, 4.69) is 31.2 Å². The van der Waals surface area contributed by atoms with Crippen LogP contribution < -0.4 is 11.1 Å². The summed E-state index contributed by atoms with van der Waals surface area (Å²) in [6.45, 7) is 0.783. The number of nitrogens with zero attached hydrogens (tertiary/aromatic N) is 2. The molecule has 0 aliphatic carbocycles. The number of nitrogen functional groups attached to an aromatic ring is 1. The quantitative estimate of drug-likeness (QED) is 0.767. The minimum atomic E-state index is -0.540. The summed E-state index contributed by atoms with van der Waals surface area (Å²) in [5, 5.41) is 13.8. The monoisotopic (exact) mass is 324 g/mol. The Labute approximate surface area is 118 Å². The summed E-state index contributed by atoms with van der Waals surface area (Å²) < 4.78 is 6.13. The van der Waals surface area contributed by atoms with Crippen LogP contribution in [0.5, 0.6) is 0 Å². The number of halogens is 1. The van der Waals surface area contributed by atoms with E-state index in [-0.39, 0.29) is 12.0 Å². The molecule has 100 valence electrons. The zero-order valence-electron chi connectivity index (χ0n) is 10.0. The van der Waals surface area contributed by atoms with E-state index >= 15 is 0 Å². The molecule has 0 saturated carbocycles. The van der Waals surface area contributed by atoms with Crippen molar-refractivity contribution in [2.24, 2.45) is 0 Å². The van der Waals surface area contributed by atoms with E-state index in [0.29, 0.717) is 19.0 Å². The summed E-state index contributed by atoms with van der Waals surface area (Å²) in [5.41, 5.74) is 6.46. The number of nitrogens with two attached hydrogens (primary N) is 1. The van der Waals surface area contributed by atoms with Gasteiger partial charge in [0.25, 0.3) is 0 Å². The van der Waals surface area contributed by atoms with Crippen LogP contribution >= 0.6 is 15.9 Å². The van der Waals surface area contributed by atoms with E-state index in [1.807, 2.05) is 18.2 Å². The van der Waals surface area contributed by atoms with Crippen molar-refractivity contribution in [2.45, 2.75) is 12.1 Å². The third-order valence-corrected chi connectivity index (χ3v) is 3.54. The van der Waals surface area contributed by atoms with Crippen LogP contribution in [0.4, 0.5) is 11.8 Å². The summed E-state index contributed by atoms with van der Waals surface area (Å²) in [5.74, 6) is 0.811. The Hall–Kier alpha value is -1.44. The summed E-state index contributed by atoms with van der Waals surface area (Å²) in [4.78, 5) is 8.40. The van der Waals surface area contributed by atoms with Crippen molar-refractivity contribution < 1.29 is 9.84 Å². The lowest BCUT2D eigenvalue weighted by Crippen LogP contribution is -2.32. The highest BCUT2D eigenvalue weighted by Gasteiger charge is 2.26. The number of ether oxygens (including phenoxy) is 1. The van der Waals surface area contributed by atoms with Crippen LogP contribution in [0.1, 0.15) is 0 Å². The molecule has 1 fully saturated rings. The lowest BCUT2D eigenvalue weighted by molar-refractivity contribution is 0.125. The molecule has 0 radical (unpaired) electrons. The van der Waals surface area contributed by atoms with Gasteiger partial charge in [-0.25, -0.2) is 4.98 Å². The molecule has 0 unspecified atom stereocenters. The maximum absolute atomic E-state index is 9.77. The fourth-order valence-electron chi connectivity index (χ4n) is 2.09. The number of aliphatic hydroxyl groups excluding tert-OH is 1. The zero-order valence-corrected chi connectivity index (χ0v) is 11.6. The number of aromatic nitrogens is 2.